The van der Waals surface area contributed by atoms with Gasteiger partial charge in [0.15, 0.2) is 17.3 Å². The zero-order chi connectivity index (χ0) is 13.8. The molecule has 19 heavy (non-hydrogen) atoms. The van der Waals surface area contributed by atoms with Gasteiger partial charge < -0.3 is 9.47 Å². The Bertz CT molecular complexity index is 455. The molecule has 2 rings (SSSR count). The maximum Gasteiger partial charge on any atom is 0.168 e. The Morgan fingerprint density at radius 2 is 2.21 bits per heavy atom. The molecule has 0 spiro atoms. The van der Waals surface area contributed by atoms with Gasteiger partial charge in [-0.15, -0.1) is 0 Å². The van der Waals surface area contributed by atoms with Gasteiger partial charge in [-0.1, -0.05) is 12.1 Å². The molecule has 1 aliphatic carbocycles. The molecule has 1 aromatic rings. The maximum absolute atomic E-state index is 14.0. The van der Waals surface area contributed by atoms with Crippen LogP contribution in [0.2, 0.25) is 0 Å². The Balaban J connectivity index is 2.09. The van der Waals surface area contributed by atoms with Crippen LogP contribution in [0, 0.1) is 11.7 Å². The molecule has 1 aliphatic rings. The molecule has 0 bridgehead atoms. The minimum absolute atomic E-state index is 0.0449. The third-order valence-electron chi connectivity index (χ3n) is 3.34. The second kappa shape index (κ2) is 6.15. The second-order valence-corrected chi connectivity index (χ2v) is 4.79. The number of halogens is 1. The van der Waals surface area contributed by atoms with Crippen molar-refractivity contribution < 1.29 is 18.7 Å². The van der Waals surface area contributed by atoms with E-state index in [1.54, 1.807) is 18.2 Å². The van der Waals surface area contributed by atoms with Crippen LogP contribution in [0.1, 0.15) is 25.3 Å². The largest absolute Gasteiger partial charge is 0.494 e. The highest BCUT2D eigenvalue weighted by atomic mass is 19.1. The van der Waals surface area contributed by atoms with Gasteiger partial charge in [0, 0.05) is 13.0 Å². The minimum atomic E-state index is -0.454. The lowest BCUT2D eigenvalue weighted by atomic mass is 10.0. The van der Waals surface area contributed by atoms with Gasteiger partial charge >= 0.3 is 0 Å². The van der Waals surface area contributed by atoms with Gasteiger partial charge in [-0.3, -0.25) is 4.79 Å². The van der Waals surface area contributed by atoms with Gasteiger partial charge in [0.1, 0.15) is 6.10 Å². The number of Topliss-reactive ketones (excluding diaryl/α,β-unsaturated/α-hetero) is 1. The third kappa shape index (κ3) is 3.32. The van der Waals surface area contributed by atoms with Gasteiger partial charge in [-0.2, -0.15) is 0 Å². The molecule has 3 nitrogen and oxygen atoms in total. The third-order valence-corrected chi connectivity index (χ3v) is 3.34. The predicted molar refractivity (Wildman–Crippen MR) is 69.8 cm³/mol. The first-order valence-corrected chi connectivity index (χ1v) is 6.63. The van der Waals surface area contributed by atoms with E-state index in [0.717, 1.165) is 12.8 Å². The normalized spacial score (nSPS) is 16.2. The first kappa shape index (κ1) is 14.0. The summed E-state index contributed by atoms with van der Waals surface area (Å²) in [6.45, 7) is 2.38. The molecule has 1 atom stereocenters. The molecule has 1 aromatic carbocycles. The molecule has 1 unspecified atom stereocenters. The zero-order valence-corrected chi connectivity index (χ0v) is 11.3. The summed E-state index contributed by atoms with van der Waals surface area (Å²) in [6, 6.07) is 4.85. The number of methoxy groups -OCH3 is 1. The summed E-state index contributed by atoms with van der Waals surface area (Å²) in [7, 11) is 1.41. The molecule has 0 heterocycles. The molecule has 1 saturated carbocycles. The summed E-state index contributed by atoms with van der Waals surface area (Å²) in [6.07, 6.45) is 1.73. The van der Waals surface area contributed by atoms with Crippen molar-refractivity contribution in [3.05, 3.63) is 29.6 Å². The number of ketones is 1. The quantitative estimate of drug-likeness (QED) is 0.761. The van der Waals surface area contributed by atoms with Crippen LogP contribution in [0.4, 0.5) is 4.39 Å². The molecule has 0 saturated heterocycles. The average Bonchev–Trinajstić information content (AvgIpc) is 3.22. The summed E-state index contributed by atoms with van der Waals surface area (Å²) in [5.74, 6) is -0.00769. The van der Waals surface area contributed by atoms with E-state index in [9.17, 15) is 9.18 Å². The summed E-state index contributed by atoms with van der Waals surface area (Å²) in [5, 5.41) is 0. The summed E-state index contributed by atoms with van der Waals surface area (Å²) >= 11 is 0. The molecule has 0 aliphatic heterocycles. The van der Waals surface area contributed by atoms with E-state index >= 15 is 0 Å². The molecular weight excluding hydrogens is 247 g/mol. The van der Waals surface area contributed by atoms with Crippen molar-refractivity contribution in [2.75, 3.05) is 13.7 Å². The van der Waals surface area contributed by atoms with E-state index in [1.165, 1.54) is 7.11 Å². The fourth-order valence-corrected chi connectivity index (χ4v) is 2.21. The van der Waals surface area contributed by atoms with Crippen LogP contribution in [0.15, 0.2) is 18.2 Å². The zero-order valence-electron chi connectivity index (χ0n) is 11.3. The van der Waals surface area contributed by atoms with E-state index in [0.29, 0.717) is 18.1 Å². The van der Waals surface area contributed by atoms with E-state index < -0.39 is 5.82 Å². The molecule has 0 N–H and O–H groups in total. The van der Waals surface area contributed by atoms with Crippen molar-refractivity contribution in [1.29, 1.82) is 0 Å². The van der Waals surface area contributed by atoms with Gasteiger partial charge in [0.2, 0.25) is 0 Å². The Hall–Kier alpha value is -1.42. The van der Waals surface area contributed by atoms with Gasteiger partial charge in [0.05, 0.1) is 7.11 Å². The highest BCUT2D eigenvalue weighted by Gasteiger charge is 2.36. The Morgan fingerprint density at radius 1 is 1.47 bits per heavy atom. The van der Waals surface area contributed by atoms with Crippen molar-refractivity contribution in [2.45, 2.75) is 32.3 Å². The number of carbonyl (C=O) groups is 1. The number of benzene rings is 1. The fourth-order valence-electron chi connectivity index (χ4n) is 2.21. The molecule has 4 heteroatoms. The van der Waals surface area contributed by atoms with Crippen LogP contribution in [0.25, 0.3) is 0 Å². The van der Waals surface area contributed by atoms with Gasteiger partial charge in [0.25, 0.3) is 0 Å². The predicted octanol–water partition coefficient (Wildman–Crippen LogP) is 2.76. The number of hydrogen-bond donors (Lipinski definition) is 0. The Morgan fingerprint density at radius 3 is 2.79 bits per heavy atom. The van der Waals surface area contributed by atoms with Crippen LogP contribution in [-0.4, -0.2) is 25.6 Å². The van der Waals surface area contributed by atoms with Crippen molar-refractivity contribution in [2.24, 2.45) is 5.92 Å². The van der Waals surface area contributed by atoms with Crippen LogP contribution in [-0.2, 0) is 16.0 Å². The van der Waals surface area contributed by atoms with Crippen LogP contribution >= 0.6 is 0 Å². The molecule has 0 radical (unpaired) electrons. The lowest BCUT2D eigenvalue weighted by molar-refractivity contribution is -0.131. The molecule has 1 fully saturated rings. The summed E-state index contributed by atoms with van der Waals surface area (Å²) in [5.41, 5.74) is 0.370. The average molecular weight is 266 g/mol. The van der Waals surface area contributed by atoms with Gasteiger partial charge in [-0.25, -0.2) is 4.39 Å². The number of carbonyl (C=O) groups excluding carboxylic acids is 1. The smallest absolute Gasteiger partial charge is 0.168 e. The van der Waals surface area contributed by atoms with E-state index in [4.69, 9.17) is 9.47 Å². The van der Waals surface area contributed by atoms with Crippen molar-refractivity contribution in [3.63, 3.8) is 0 Å². The van der Waals surface area contributed by atoms with Crippen LogP contribution in [0.3, 0.4) is 0 Å². The first-order chi connectivity index (χ1) is 9.17. The minimum Gasteiger partial charge on any atom is -0.494 e. The highest BCUT2D eigenvalue weighted by Crippen LogP contribution is 2.35. The monoisotopic (exact) mass is 266 g/mol. The highest BCUT2D eigenvalue weighted by molar-refractivity contribution is 5.86. The molecule has 0 amide bonds. The number of rotatable bonds is 7. The maximum atomic E-state index is 14.0. The summed E-state index contributed by atoms with van der Waals surface area (Å²) in [4.78, 5) is 12.2. The number of hydrogen-bond acceptors (Lipinski definition) is 3. The molecular formula is C15H19FO3. The number of ether oxygens (including phenoxy) is 2. The van der Waals surface area contributed by atoms with E-state index in [2.05, 4.69) is 0 Å². The molecule has 104 valence electrons. The SMILES string of the molecule is CCOC(C(=O)Cc1cccc(OC)c1F)C1CC1. The summed E-state index contributed by atoms with van der Waals surface area (Å²) < 4.78 is 24.4. The van der Waals surface area contributed by atoms with Gasteiger partial charge in [-0.05, 0) is 37.3 Å². The first-order valence-electron chi connectivity index (χ1n) is 6.63. The lowest BCUT2D eigenvalue weighted by Gasteiger charge is -2.15. The lowest BCUT2D eigenvalue weighted by Crippen LogP contribution is -2.28. The Labute approximate surface area is 112 Å². The van der Waals surface area contributed by atoms with E-state index in [1.807, 2.05) is 6.92 Å². The van der Waals surface area contributed by atoms with Crippen LogP contribution < -0.4 is 4.74 Å². The standard InChI is InChI=1S/C15H19FO3/c1-3-19-15(10-7-8-10)12(17)9-11-5-4-6-13(18-2)14(11)16/h4-6,10,15H,3,7-9H2,1-2H3. The fraction of sp³-hybridized carbons (Fsp3) is 0.533. The topological polar surface area (TPSA) is 35.5 Å². The Kier molecular flexibility index (Phi) is 4.53. The van der Waals surface area contributed by atoms with Crippen molar-refractivity contribution in [1.82, 2.24) is 0 Å². The van der Waals surface area contributed by atoms with Crippen LogP contribution in [0.5, 0.6) is 5.75 Å². The van der Waals surface area contributed by atoms with Crippen molar-refractivity contribution in [3.8, 4) is 5.75 Å². The van der Waals surface area contributed by atoms with Crippen molar-refractivity contribution >= 4 is 5.78 Å². The second-order valence-electron chi connectivity index (χ2n) is 4.79. The van der Waals surface area contributed by atoms with E-state index in [-0.39, 0.29) is 24.1 Å². The molecule has 0 aromatic heterocycles.